The van der Waals surface area contributed by atoms with E-state index in [4.69, 9.17) is 5.11 Å². The van der Waals surface area contributed by atoms with Gasteiger partial charge in [0.2, 0.25) is 10.0 Å². The minimum absolute atomic E-state index is 0.0308. The van der Waals surface area contributed by atoms with Gasteiger partial charge >= 0.3 is 0 Å². The third-order valence-electron chi connectivity index (χ3n) is 2.21. The molecule has 0 bridgehead atoms. The molecular weight excluding hydrogens is 305 g/mol. The summed E-state index contributed by atoms with van der Waals surface area (Å²) < 4.78 is 50.4. The van der Waals surface area contributed by atoms with Crippen molar-refractivity contribution in [2.75, 3.05) is 25.2 Å². The molecule has 8 heteroatoms. The van der Waals surface area contributed by atoms with Gasteiger partial charge in [-0.2, -0.15) is 0 Å². The van der Waals surface area contributed by atoms with Crippen LogP contribution >= 0.6 is 0 Å². The van der Waals surface area contributed by atoms with Crippen molar-refractivity contribution < 1.29 is 22.1 Å². The van der Waals surface area contributed by atoms with E-state index in [2.05, 4.69) is 16.6 Å². The molecule has 0 heterocycles. The molecule has 110 valence electrons. The molecule has 0 saturated carbocycles. The van der Waals surface area contributed by atoms with Gasteiger partial charge in [-0.25, -0.2) is 17.5 Å². The van der Waals surface area contributed by atoms with Crippen molar-refractivity contribution in [3.05, 3.63) is 29.6 Å². The molecule has 0 aromatic heterocycles. The van der Waals surface area contributed by atoms with E-state index in [1.165, 1.54) is 12.3 Å². The molecule has 0 fully saturated rings. The van der Waals surface area contributed by atoms with Crippen LogP contribution in [0.15, 0.2) is 23.1 Å². The Morgan fingerprint density at radius 3 is 2.70 bits per heavy atom. The van der Waals surface area contributed by atoms with Crippen molar-refractivity contribution in [1.82, 2.24) is 4.72 Å². The third kappa shape index (κ3) is 5.02. The summed E-state index contributed by atoms with van der Waals surface area (Å²) >= 11 is 0. The zero-order chi connectivity index (χ0) is 15.2. The first-order valence-electron chi connectivity index (χ1n) is 5.56. The number of benzene rings is 1. The van der Waals surface area contributed by atoms with Crippen molar-refractivity contribution >= 4 is 20.8 Å². The highest BCUT2D eigenvalue weighted by molar-refractivity contribution is 7.89. The van der Waals surface area contributed by atoms with Crippen LogP contribution in [-0.2, 0) is 20.8 Å². The summed E-state index contributed by atoms with van der Waals surface area (Å²) in [6.07, 6.45) is 1.45. The third-order valence-corrected chi connectivity index (χ3v) is 4.49. The van der Waals surface area contributed by atoms with Gasteiger partial charge in [0.25, 0.3) is 0 Å². The van der Waals surface area contributed by atoms with Crippen LogP contribution in [0.2, 0.25) is 0 Å². The van der Waals surface area contributed by atoms with E-state index < -0.39 is 31.5 Å². The zero-order valence-corrected chi connectivity index (χ0v) is 12.4. The van der Waals surface area contributed by atoms with Crippen molar-refractivity contribution in [2.45, 2.75) is 4.90 Å². The van der Waals surface area contributed by atoms with Gasteiger partial charge in [0.1, 0.15) is 17.3 Å². The highest BCUT2D eigenvalue weighted by atomic mass is 32.2. The molecule has 0 radical (unpaired) electrons. The molecule has 0 amide bonds. The van der Waals surface area contributed by atoms with Gasteiger partial charge in [-0.15, -0.1) is 0 Å². The van der Waals surface area contributed by atoms with Gasteiger partial charge in [0.05, 0.1) is 0 Å². The summed E-state index contributed by atoms with van der Waals surface area (Å²) in [5, 5.41) is 8.52. The van der Waals surface area contributed by atoms with Crippen LogP contribution in [-0.4, -0.2) is 42.9 Å². The van der Waals surface area contributed by atoms with Gasteiger partial charge < -0.3 is 5.11 Å². The van der Waals surface area contributed by atoms with E-state index >= 15 is 0 Å². The summed E-state index contributed by atoms with van der Waals surface area (Å²) in [7, 11) is -5.11. The fourth-order valence-electron chi connectivity index (χ4n) is 1.34. The van der Waals surface area contributed by atoms with E-state index in [0.717, 1.165) is 12.1 Å². The van der Waals surface area contributed by atoms with Crippen LogP contribution < -0.4 is 4.72 Å². The second-order valence-corrected chi connectivity index (χ2v) is 7.07. The Labute approximate surface area is 119 Å². The molecule has 1 unspecified atom stereocenters. The molecule has 5 nitrogen and oxygen atoms in total. The van der Waals surface area contributed by atoms with E-state index in [1.54, 1.807) is 0 Å². The predicted octanol–water partition coefficient (Wildman–Crippen LogP) is -0.174. The van der Waals surface area contributed by atoms with Crippen LogP contribution in [0, 0.1) is 17.7 Å². The van der Waals surface area contributed by atoms with Gasteiger partial charge in [0, 0.05) is 34.9 Å². The number of hydrogen-bond acceptors (Lipinski definition) is 4. The summed E-state index contributed by atoms with van der Waals surface area (Å²) in [5.41, 5.74) is 0.269. The number of aliphatic hydroxyl groups is 1. The van der Waals surface area contributed by atoms with Crippen LogP contribution in [0.4, 0.5) is 4.39 Å². The topological polar surface area (TPSA) is 83.5 Å². The zero-order valence-electron chi connectivity index (χ0n) is 10.7. The molecule has 1 aromatic carbocycles. The number of halogens is 1. The van der Waals surface area contributed by atoms with Crippen molar-refractivity contribution in [3.8, 4) is 11.8 Å². The maximum Gasteiger partial charge on any atom is 0.243 e. The second-order valence-electron chi connectivity index (χ2n) is 3.78. The first-order valence-corrected chi connectivity index (χ1v) is 8.77. The lowest BCUT2D eigenvalue weighted by Crippen LogP contribution is -2.28. The van der Waals surface area contributed by atoms with Gasteiger partial charge in [0.15, 0.2) is 0 Å². The Bertz CT molecular complexity index is 662. The predicted molar refractivity (Wildman–Crippen MR) is 74.5 cm³/mol. The lowest BCUT2D eigenvalue weighted by atomic mass is 10.2. The molecule has 1 rings (SSSR count). The Morgan fingerprint density at radius 1 is 1.45 bits per heavy atom. The number of sulfonamides is 1. The molecule has 20 heavy (non-hydrogen) atoms. The molecular formula is C12H14FNO4S2. The lowest BCUT2D eigenvalue weighted by molar-refractivity contribution is 0.350. The minimum Gasteiger partial charge on any atom is -0.384 e. The average molecular weight is 319 g/mol. The van der Waals surface area contributed by atoms with E-state index in [-0.39, 0.29) is 24.5 Å². The molecule has 2 N–H and O–H groups in total. The molecule has 0 aliphatic rings. The molecule has 1 aromatic rings. The van der Waals surface area contributed by atoms with Gasteiger partial charge in [-0.1, -0.05) is 11.8 Å². The van der Waals surface area contributed by atoms with Crippen LogP contribution in [0.25, 0.3) is 0 Å². The van der Waals surface area contributed by atoms with E-state index in [1.807, 2.05) is 0 Å². The molecule has 0 saturated heterocycles. The highest BCUT2D eigenvalue weighted by Crippen LogP contribution is 2.15. The Balaban J connectivity index is 2.93. The van der Waals surface area contributed by atoms with Crippen molar-refractivity contribution in [2.24, 2.45) is 0 Å². The largest absolute Gasteiger partial charge is 0.384 e. The molecule has 0 aliphatic carbocycles. The summed E-state index contributed by atoms with van der Waals surface area (Å²) in [4.78, 5) is -0.492. The Kier molecular flexibility index (Phi) is 6.29. The molecule has 0 spiro atoms. The standard InChI is InChI=1S/C12H14FNO4S2/c1-19(16)8-6-14-20(17,18)12-5-4-10(3-2-7-15)9-11(12)13/h4-5,9,14-15H,6-8H2,1H3. The van der Waals surface area contributed by atoms with Gasteiger partial charge in [-0.3, -0.25) is 4.21 Å². The smallest absolute Gasteiger partial charge is 0.243 e. The maximum absolute atomic E-state index is 13.7. The number of nitrogens with one attached hydrogen (secondary N) is 1. The van der Waals surface area contributed by atoms with Crippen LogP contribution in [0.5, 0.6) is 0 Å². The van der Waals surface area contributed by atoms with Crippen molar-refractivity contribution in [1.29, 1.82) is 0 Å². The molecule has 0 aliphatic heterocycles. The highest BCUT2D eigenvalue weighted by Gasteiger charge is 2.18. The quantitative estimate of drug-likeness (QED) is 0.738. The lowest BCUT2D eigenvalue weighted by Gasteiger charge is -2.07. The average Bonchev–Trinajstić information content (AvgIpc) is 2.35. The molecule has 1 atom stereocenters. The summed E-state index contributed by atoms with van der Waals surface area (Å²) in [6, 6.07) is 3.43. The first kappa shape index (κ1) is 16.8. The summed E-state index contributed by atoms with van der Waals surface area (Å²) in [6.45, 7) is -0.395. The summed E-state index contributed by atoms with van der Waals surface area (Å²) in [5.74, 6) is 4.04. The fraction of sp³-hybridized carbons (Fsp3) is 0.333. The number of rotatable bonds is 5. The van der Waals surface area contributed by atoms with Gasteiger partial charge in [-0.05, 0) is 18.2 Å². The second kappa shape index (κ2) is 7.50. The van der Waals surface area contributed by atoms with E-state index in [9.17, 15) is 17.0 Å². The Morgan fingerprint density at radius 2 is 2.15 bits per heavy atom. The minimum atomic E-state index is -3.98. The van der Waals surface area contributed by atoms with Crippen LogP contribution in [0.3, 0.4) is 0 Å². The van der Waals surface area contributed by atoms with Crippen molar-refractivity contribution in [3.63, 3.8) is 0 Å². The fourth-order valence-corrected chi connectivity index (χ4v) is 2.94. The first-order chi connectivity index (χ1) is 9.36. The SMILES string of the molecule is CS(=O)CCNS(=O)(=O)c1ccc(C#CCO)cc1F. The van der Waals surface area contributed by atoms with E-state index in [0.29, 0.717) is 0 Å². The number of aliphatic hydroxyl groups excluding tert-OH is 1. The number of hydrogen-bond donors (Lipinski definition) is 2. The normalized spacial score (nSPS) is 12.6. The maximum atomic E-state index is 13.7. The monoisotopic (exact) mass is 319 g/mol. The Hall–Kier alpha value is -1.27. The van der Waals surface area contributed by atoms with Crippen LogP contribution in [0.1, 0.15) is 5.56 Å².